The van der Waals surface area contributed by atoms with Gasteiger partial charge in [-0.1, -0.05) is 13.3 Å². The van der Waals surface area contributed by atoms with Crippen molar-refractivity contribution >= 4 is 5.91 Å². The molecule has 0 spiro atoms. The molecule has 0 aliphatic heterocycles. The zero-order chi connectivity index (χ0) is 10.6. The molecule has 4 N–H and O–H groups in total. The van der Waals surface area contributed by atoms with Gasteiger partial charge in [0, 0.05) is 6.04 Å². The summed E-state index contributed by atoms with van der Waals surface area (Å²) in [5, 5.41) is 11.8. The van der Waals surface area contributed by atoms with Gasteiger partial charge in [0.05, 0.1) is 18.6 Å². The number of rotatable bonds is 4. The van der Waals surface area contributed by atoms with Gasteiger partial charge in [-0.3, -0.25) is 4.79 Å². The Bertz CT molecular complexity index is 193. The molecule has 1 aliphatic carbocycles. The summed E-state index contributed by atoms with van der Waals surface area (Å²) in [4.78, 5) is 11.7. The van der Waals surface area contributed by atoms with E-state index < -0.39 is 0 Å². The van der Waals surface area contributed by atoms with Crippen LogP contribution in [0, 0.1) is 5.92 Å². The number of aliphatic hydroxyl groups excluding tert-OH is 1. The van der Waals surface area contributed by atoms with Gasteiger partial charge in [-0.2, -0.15) is 0 Å². The van der Waals surface area contributed by atoms with Crippen LogP contribution in [0.1, 0.15) is 32.6 Å². The molecule has 0 bridgehead atoms. The van der Waals surface area contributed by atoms with Gasteiger partial charge < -0.3 is 16.2 Å². The molecule has 4 nitrogen and oxygen atoms in total. The Morgan fingerprint density at radius 2 is 2.36 bits per heavy atom. The fourth-order valence-electron chi connectivity index (χ4n) is 1.90. The minimum atomic E-state index is -0.115. The Balaban J connectivity index is 2.40. The van der Waals surface area contributed by atoms with Crippen LogP contribution in [-0.2, 0) is 4.79 Å². The number of amides is 1. The SMILES string of the molecule is CCC(CO)NC(=O)C1CCCC1N. The molecule has 1 amide bonds. The van der Waals surface area contributed by atoms with Gasteiger partial charge >= 0.3 is 0 Å². The van der Waals surface area contributed by atoms with Crippen LogP contribution in [0.15, 0.2) is 0 Å². The molecule has 3 unspecified atom stereocenters. The highest BCUT2D eigenvalue weighted by molar-refractivity contribution is 5.80. The van der Waals surface area contributed by atoms with Crippen LogP contribution in [0.4, 0.5) is 0 Å². The normalized spacial score (nSPS) is 28.8. The summed E-state index contributed by atoms with van der Waals surface area (Å²) in [5.41, 5.74) is 5.82. The summed E-state index contributed by atoms with van der Waals surface area (Å²) in [7, 11) is 0. The van der Waals surface area contributed by atoms with E-state index >= 15 is 0 Å². The summed E-state index contributed by atoms with van der Waals surface area (Å²) < 4.78 is 0. The van der Waals surface area contributed by atoms with Crippen molar-refractivity contribution in [3.8, 4) is 0 Å². The highest BCUT2D eigenvalue weighted by Gasteiger charge is 2.30. The second kappa shape index (κ2) is 5.32. The maximum atomic E-state index is 11.7. The molecule has 0 aromatic heterocycles. The van der Waals surface area contributed by atoms with E-state index in [4.69, 9.17) is 10.8 Å². The minimum absolute atomic E-state index is 0.00416. The highest BCUT2D eigenvalue weighted by Crippen LogP contribution is 2.24. The average molecular weight is 200 g/mol. The molecule has 3 atom stereocenters. The molecule has 0 aromatic rings. The van der Waals surface area contributed by atoms with Crippen molar-refractivity contribution in [3.05, 3.63) is 0 Å². The quantitative estimate of drug-likeness (QED) is 0.598. The van der Waals surface area contributed by atoms with Crippen LogP contribution in [-0.4, -0.2) is 29.7 Å². The third-order valence-corrected chi connectivity index (χ3v) is 2.97. The molecule has 1 rings (SSSR count). The van der Waals surface area contributed by atoms with E-state index in [1.54, 1.807) is 0 Å². The van der Waals surface area contributed by atoms with Crippen LogP contribution >= 0.6 is 0 Å². The monoisotopic (exact) mass is 200 g/mol. The summed E-state index contributed by atoms with van der Waals surface area (Å²) in [6.07, 6.45) is 3.61. The molecule has 14 heavy (non-hydrogen) atoms. The van der Waals surface area contributed by atoms with Crippen molar-refractivity contribution in [1.29, 1.82) is 0 Å². The van der Waals surface area contributed by atoms with Crippen molar-refractivity contribution < 1.29 is 9.90 Å². The Kier molecular flexibility index (Phi) is 4.35. The van der Waals surface area contributed by atoms with Crippen molar-refractivity contribution in [3.63, 3.8) is 0 Å². The second-order valence-electron chi connectivity index (χ2n) is 4.00. The van der Waals surface area contributed by atoms with E-state index in [2.05, 4.69) is 5.32 Å². The Hall–Kier alpha value is -0.610. The van der Waals surface area contributed by atoms with Crippen LogP contribution in [0.3, 0.4) is 0 Å². The van der Waals surface area contributed by atoms with Crippen molar-refractivity contribution in [2.45, 2.75) is 44.7 Å². The molecule has 0 saturated heterocycles. The zero-order valence-corrected chi connectivity index (χ0v) is 8.70. The van der Waals surface area contributed by atoms with Gasteiger partial charge in [0.2, 0.25) is 5.91 Å². The van der Waals surface area contributed by atoms with E-state index in [1.165, 1.54) is 0 Å². The summed E-state index contributed by atoms with van der Waals surface area (Å²) in [6, 6.07) is -0.110. The molecule has 1 saturated carbocycles. The van der Waals surface area contributed by atoms with Crippen molar-refractivity contribution in [1.82, 2.24) is 5.32 Å². The number of hydrogen-bond acceptors (Lipinski definition) is 3. The number of carbonyl (C=O) groups is 1. The first-order chi connectivity index (χ1) is 6.69. The molecule has 0 radical (unpaired) electrons. The number of aliphatic hydroxyl groups is 1. The third kappa shape index (κ3) is 2.69. The summed E-state index contributed by atoms with van der Waals surface area (Å²) >= 11 is 0. The smallest absolute Gasteiger partial charge is 0.224 e. The molecular weight excluding hydrogens is 180 g/mol. The molecule has 1 fully saturated rings. The van der Waals surface area contributed by atoms with Gasteiger partial charge in [0.25, 0.3) is 0 Å². The maximum Gasteiger partial charge on any atom is 0.224 e. The van der Waals surface area contributed by atoms with Crippen molar-refractivity contribution in [2.24, 2.45) is 11.7 Å². The Morgan fingerprint density at radius 1 is 1.64 bits per heavy atom. The predicted molar refractivity (Wildman–Crippen MR) is 54.6 cm³/mol. The van der Waals surface area contributed by atoms with Crippen LogP contribution < -0.4 is 11.1 Å². The van der Waals surface area contributed by atoms with Gasteiger partial charge in [0.15, 0.2) is 0 Å². The zero-order valence-electron chi connectivity index (χ0n) is 8.70. The molecule has 4 heteroatoms. The number of hydrogen-bond donors (Lipinski definition) is 3. The lowest BCUT2D eigenvalue weighted by atomic mass is 10.0. The van der Waals surface area contributed by atoms with Crippen LogP contribution in [0.25, 0.3) is 0 Å². The maximum absolute atomic E-state index is 11.7. The third-order valence-electron chi connectivity index (χ3n) is 2.97. The van der Waals surface area contributed by atoms with Gasteiger partial charge in [0.1, 0.15) is 0 Å². The molecule has 82 valence electrons. The topological polar surface area (TPSA) is 75.3 Å². The lowest BCUT2D eigenvalue weighted by molar-refractivity contribution is -0.126. The van der Waals surface area contributed by atoms with E-state index in [-0.39, 0.29) is 30.5 Å². The molecule has 1 aliphatic rings. The fourth-order valence-corrected chi connectivity index (χ4v) is 1.90. The first kappa shape index (κ1) is 11.5. The largest absolute Gasteiger partial charge is 0.394 e. The fraction of sp³-hybridized carbons (Fsp3) is 0.900. The number of nitrogens with two attached hydrogens (primary N) is 1. The van der Waals surface area contributed by atoms with Gasteiger partial charge in [-0.05, 0) is 19.3 Å². The van der Waals surface area contributed by atoms with Crippen LogP contribution in [0.5, 0.6) is 0 Å². The molecule has 0 heterocycles. The first-order valence-electron chi connectivity index (χ1n) is 5.35. The first-order valence-corrected chi connectivity index (χ1v) is 5.35. The number of nitrogens with one attached hydrogen (secondary N) is 1. The van der Waals surface area contributed by atoms with E-state index in [9.17, 15) is 4.79 Å². The van der Waals surface area contributed by atoms with E-state index in [0.29, 0.717) is 0 Å². The Labute approximate surface area is 84.9 Å². The van der Waals surface area contributed by atoms with E-state index in [1.807, 2.05) is 6.92 Å². The van der Waals surface area contributed by atoms with Gasteiger partial charge in [-0.25, -0.2) is 0 Å². The lowest BCUT2D eigenvalue weighted by Crippen LogP contribution is -2.44. The second-order valence-corrected chi connectivity index (χ2v) is 4.00. The predicted octanol–water partition coefficient (Wildman–Crippen LogP) is 0.000900. The van der Waals surface area contributed by atoms with Crippen molar-refractivity contribution in [2.75, 3.05) is 6.61 Å². The molecular formula is C10H20N2O2. The summed E-state index contributed by atoms with van der Waals surface area (Å²) in [6.45, 7) is 1.94. The number of carbonyl (C=O) groups excluding carboxylic acids is 1. The minimum Gasteiger partial charge on any atom is -0.394 e. The Morgan fingerprint density at radius 3 is 2.79 bits per heavy atom. The van der Waals surface area contributed by atoms with Gasteiger partial charge in [-0.15, -0.1) is 0 Å². The standard InChI is InChI=1S/C10H20N2O2/c1-2-7(6-13)12-10(14)8-4-3-5-9(8)11/h7-9,13H,2-6,11H2,1H3,(H,12,14). The average Bonchev–Trinajstić information content (AvgIpc) is 2.60. The highest BCUT2D eigenvalue weighted by atomic mass is 16.3. The molecule has 0 aromatic carbocycles. The lowest BCUT2D eigenvalue weighted by Gasteiger charge is -2.19. The van der Waals surface area contributed by atoms with Crippen LogP contribution in [0.2, 0.25) is 0 Å². The summed E-state index contributed by atoms with van der Waals surface area (Å²) in [5.74, 6) is -0.0356. The van der Waals surface area contributed by atoms with E-state index in [0.717, 1.165) is 25.7 Å².